The molecule has 192 valence electrons. The predicted molar refractivity (Wildman–Crippen MR) is 147 cm³/mol. The van der Waals surface area contributed by atoms with E-state index < -0.39 is 0 Å². The molecule has 1 aromatic carbocycles. The molecule has 2 aliphatic rings. The topological polar surface area (TPSA) is 125 Å². The first-order valence-electron chi connectivity index (χ1n) is 13.2. The maximum absolute atomic E-state index is 7.75. The Morgan fingerprint density at radius 1 is 1.11 bits per heavy atom. The van der Waals surface area contributed by atoms with Gasteiger partial charge in [-0.05, 0) is 49.8 Å². The Hall–Kier alpha value is -3.95. The minimum atomic E-state index is 0.109. The van der Waals surface area contributed by atoms with Crippen molar-refractivity contribution in [2.75, 3.05) is 36.4 Å². The highest BCUT2D eigenvalue weighted by atomic mass is 15.4. The van der Waals surface area contributed by atoms with Crippen LogP contribution in [0.3, 0.4) is 0 Å². The van der Waals surface area contributed by atoms with E-state index in [9.17, 15) is 0 Å². The van der Waals surface area contributed by atoms with E-state index in [0.717, 1.165) is 34.2 Å². The van der Waals surface area contributed by atoms with Gasteiger partial charge in [0.25, 0.3) is 0 Å². The number of hydrogen-bond donors (Lipinski definition) is 3. The van der Waals surface area contributed by atoms with E-state index in [-0.39, 0.29) is 18.0 Å². The van der Waals surface area contributed by atoms with Crippen LogP contribution in [0.1, 0.15) is 50.8 Å². The molecule has 3 aromatic heterocycles. The number of nitrogens with zero attached hydrogens (tertiary/aromatic N) is 7. The smallest absolute Gasteiger partial charge is 0.228 e. The molecule has 10 heteroatoms. The third-order valence-corrected chi connectivity index (χ3v) is 7.70. The summed E-state index contributed by atoms with van der Waals surface area (Å²) in [5.74, 6) is 2.16. The van der Waals surface area contributed by atoms with Crippen LogP contribution in [0.5, 0.6) is 0 Å². The molecule has 1 saturated carbocycles. The number of piperazine rings is 1. The van der Waals surface area contributed by atoms with E-state index in [1.54, 1.807) is 0 Å². The first-order chi connectivity index (χ1) is 18.0. The van der Waals surface area contributed by atoms with Gasteiger partial charge < -0.3 is 20.9 Å². The maximum Gasteiger partial charge on any atom is 0.228 e. The third kappa shape index (κ3) is 4.52. The van der Waals surface area contributed by atoms with Crippen LogP contribution in [0.15, 0.2) is 42.7 Å². The molecular weight excluding hydrogens is 464 g/mol. The predicted octanol–water partition coefficient (Wildman–Crippen LogP) is 3.92. The van der Waals surface area contributed by atoms with Crippen LogP contribution in [0, 0.1) is 11.3 Å². The van der Waals surface area contributed by atoms with E-state index in [2.05, 4.69) is 53.0 Å². The molecule has 4 heterocycles. The van der Waals surface area contributed by atoms with Gasteiger partial charge in [0.15, 0.2) is 11.8 Å². The zero-order valence-corrected chi connectivity index (χ0v) is 21.4. The first kappa shape index (κ1) is 23.4. The first-order valence-corrected chi connectivity index (χ1v) is 13.2. The molecule has 1 unspecified atom stereocenters. The average molecular weight is 499 g/mol. The molecule has 2 atom stereocenters. The highest BCUT2D eigenvalue weighted by Gasteiger charge is 2.34. The summed E-state index contributed by atoms with van der Waals surface area (Å²) in [4.78, 5) is 18.8. The highest BCUT2D eigenvalue weighted by Crippen LogP contribution is 2.44. The van der Waals surface area contributed by atoms with Crippen LogP contribution in [0.25, 0.3) is 21.9 Å². The molecule has 1 aliphatic heterocycles. The number of nitrogens with one attached hydrogen (secondary N) is 2. The van der Waals surface area contributed by atoms with Crippen LogP contribution in [-0.4, -0.2) is 61.8 Å². The number of pyridine rings is 1. The van der Waals surface area contributed by atoms with Gasteiger partial charge in [-0.3, -0.25) is 15.1 Å². The number of fused-ring (bicyclic) bond motifs is 2. The zero-order valence-electron chi connectivity index (χ0n) is 21.4. The van der Waals surface area contributed by atoms with Gasteiger partial charge in [0.1, 0.15) is 11.0 Å². The van der Waals surface area contributed by atoms with Crippen molar-refractivity contribution in [2.24, 2.45) is 11.7 Å². The summed E-state index contributed by atoms with van der Waals surface area (Å²) in [6.07, 6.45) is 7.19. The van der Waals surface area contributed by atoms with Crippen molar-refractivity contribution in [3.05, 3.63) is 48.3 Å². The Kier molecular flexibility index (Phi) is 6.02. The van der Waals surface area contributed by atoms with Crippen molar-refractivity contribution in [3.8, 4) is 0 Å². The molecule has 1 saturated heterocycles. The molecule has 37 heavy (non-hydrogen) atoms. The number of guanidine groups is 1. The van der Waals surface area contributed by atoms with Crippen molar-refractivity contribution in [1.82, 2.24) is 29.6 Å². The fraction of sp³-hybridized carbons (Fsp3) is 0.444. The second kappa shape index (κ2) is 9.49. The second-order valence-corrected chi connectivity index (χ2v) is 10.2. The second-order valence-electron chi connectivity index (χ2n) is 10.2. The number of anilines is 2. The molecule has 6 rings (SSSR count). The molecule has 0 spiro atoms. The number of benzene rings is 1. The van der Waals surface area contributed by atoms with Crippen LogP contribution < -0.4 is 16.0 Å². The van der Waals surface area contributed by atoms with Crippen molar-refractivity contribution >= 4 is 39.7 Å². The monoisotopic (exact) mass is 498 g/mol. The fourth-order valence-electron chi connectivity index (χ4n) is 5.16. The largest absolute Gasteiger partial charge is 0.370 e. The standard InChI is InChI=1S/C27H34N10/c1-3-17(2)37-24-22(16-31-37)32-27(36-12-10-35(11-13-36)26(28)29)34-25(24)33-23(18-8-9-18)20-14-19-6-4-5-7-21(19)30-15-20/h4-7,14-18,23H,3,8-13H2,1-2H3,(H3,28,29)(H,32,33,34)/t17?,23-/m1/s1. The van der Waals surface area contributed by atoms with E-state index in [4.69, 9.17) is 31.2 Å². The molecule has 0 bridgehead atoms. The minimum Gasteiger partial charge on any atom is -0.370 e. The van der Waals surface area contributed by atoms with Crippen LogP contribution in [0.2, 0.25) is 0 Å². The van der Waals surface area contributed by atoms with Gasteiger partial charge in [0.2, 0.25) is 5.95 Å². The zero-order chi connectivity index (χ0) is 25.5. The Bertz CT molecular complexity index is 1430. The van der Waals surface area contributed by atoms with E-state index in [0.29, 0.717) is 38.0 Å². The van der Waals surface area contributed by atoms with Crippen LogP contribution in [-0.2, 0) is 0 Å². The third-order valence-electron chi connectivity index (χ3n) is 7.70. The summed E-state index contributed by atoms with van der Waals surface area (Å²) in [6, 6.07) is 10.8. The summed E-state index contributed by atoms with van der Waals surface area (Å²) in [6.45, 7) is 7.13. The van der Waals surface area contributed by atoms with E-state index in [1.807, 2.05) is 23.4 Å². The lowest BCUT2D eigenvalue weighted by Crippen LogP contribution is -2.51. The summed E-state index contributed by atoms with van der Waals surface area (Å²) < 4.78 is 2.05. The Morgan fingerprint density at radius 2 is 1.89 bits per heavy atom. The number of rotatable bonds is 7. The molecule has 2 fully saturated rings. The van der Waals surface area contributed by atoms with Gasteiger partial charge in [0.05, 0.1) is 17.8 Å². The van der Waals surface area contributed by atoms with Gasteiger partial charge in [0, 0.05) is 43.8 Å². The van der Waals surface area contributed by atoms with Gasteiger partial charge >= 0.3 is 0 Å². The number of hydrogen-bond acceptors (Lipinski definition) is 7. The summed E-state index contributed by atoms with van der Waals surface area (Å²) in [5, 5.41) is 17.4. The number of aromatic nitrogens is 5. The van der Waals surface area contributed by atoms with Crippen LogP contribution >= 0.6 is 0 Å². The van der Waals surface area contributed by atoms with E-state index >= 15 is 0 Å². The summed E-state index contributed by atoms with van der Waals surface area (Å²) in [5.41, 5.74) is 9.68. The lowest BCUT2D eigenvalue weighted by atomic mass is 10.0. The number of para-hydroxylation sites is 1. The lowest BCUT2D eigenvalue weighted by Gasteiger charge is -2.35. The molecule has 0 amide bonds. The quantitative estimate of drug-likeness (QED) is 0.259. The molecule has 10 nitrogen and oxygen atoms in total. The highest BCUT2D eigenvalue weighted by molar-refractivity contribution is 5.87. The van der Waals surface area contributed by atoms with E-state index in [1.165, 1.54) is 18.4 Å². The maximum atomic E-state index is 7.75. The number of nitrogens with two attached hydrogens (primary N) is 1. The lowest BCUT2D eigenvalue weighted by molar-refractivity contribution is 0.377. The SMILES string of the molecule is CCC(C)n1ncc2nc(N3CCN(C(=N)N)CC3)nc(N[C@@H](c3cnc4ccccc4c3)C3CC3)c21. The van der Waals surface area contributed by atoms with Crippen molar-refractivity contribution in [3.63, 3.8) is 0 Å². The normalized spacial score (nSPS) is 17.8. The summed E-state index contributed by atoms with van der Waals surface area (Å²) in [7, 11) is 0. The summed E-state index contributed by atoms with van der Waals surface area (Å²) >= 11 is 0. The molecule has 1 aliphatic carbocycles. The molecule has 4 aromatic rings. The Labute approximate surface area is 216 Å². The Morgan fingerprint density at radius 3 is 2.62 bits per heavy atom. The average Bonchev–Trinajstić information content (AvgIpc) is 3.68. The molecular formula is C27H34N10. The van der Waals surface area contributed by atoms with Crippen molar-refractivity contribution in [1.29, 1.82) is 5.41 Å². The van der Waals surface area contributed by atoms with Gasteiger partial charge in [-0.15, -0.1) is 0 Å². The fourth-order valence-corrected chi connectivity index (χ4v) is 5.16. The Balaban J connectivity index is 1.40. The van der Waals surface area contributed by atoms with Crippen LogP contribution in [0.4, 0.5) is 11.8 Å². The van der Waals surface area contributed by atoms with Gasteiger partial charge in [-0.1, -0.05) is 25.1 Å². The van der Waals surface area contributed by atoms with Crippen molar-refractivity contribution < 1.29 is 0 Å². The van der Waals surface area contributed by atoms with Gasteiger partial charge in [-0.2, -0.15) is 10.1 Å². The van der Waals surface area contributed by atoms with Gasteiger partial charge in [-0.25, -0.2) is 4.98 Å². The molecule has 0 radical (unpaired) electrons. The minimum absolute atomic E-state index is 0.109. The molecule has 4 N–H and O–H groups in total. The van der Waals surface area contributed by atoms with Crippen molar-refractivity contribution in [2.45, 2.75) is 45.2 Å².